The zero-order valence-corrected chi connectivity index (χ0v) is 23.6. The van der Waals surface area contributed by atoms with Crippen molar-refractivity contribution in [3.05, 3.63) is 97.0 Å². The van der Waals surface area contributed by atoms with Crippen molar-refractivity contribution in [2.24, 2.45) is 5.10 Å². The average molecular weight is 583 g/mol. The Kier molecular flexibility index (Phi) is 8.67. The van der Waals surface area contributed by atoms with Gasteiger partial charge in [-0.25, -0.2) is 4.98 Å². The van der Waals surface area contributed by atoms with Crippen molar-refractivity contribution in [2.75, 3.05) is 6.61 Å². The lowest BCUT2D eigenvalue weighted by molar-refractivity contribution is 0.269. The number of halogens is 2. The van der Waals surface area contributed by atoms with E-state index in [4.69, 9.17) is 26.1 Å². The summed E-state index contributed by atoms with van der Waals surface area (Å²) in [6, 6.07) is 17.1. The van der Waals surface area contributed by atoms with Crippen molar-refractivity contribution in [3.8, 4) is 11.5 Å². The molecule has 37 heavy (non-hydrogen) atoms. The highest BCUT2D eigenvalue weighted by molar-refractivity contribution is 9.10. The molecule has 0 bridgehead atoms. The van der Waals surface area contributed by atoms with Crippen LogP contribution in [0, 0.1) is 6.92 Å². The highest BCUT2D eigenvalue weighted by Gasteiger charge is 2.17. The van der Waals surface area contributed by atoms with Gasteiger partial charge in [-0.2, -0.15) is 9.78 Å². The fourth-order valence-electron chi connectivity index (χ4n) is 3.93. The van der Waals surface area contributed by atoms with Crippen LogP contribution in [-0.4, -0.2) is 22.5 Å². The maximum Gasteiger partial charge on any atom is 0.282 e. The van der Waals surface area contributed by atoms with E-state index in [1.165, 1.54) is 4.68 Å². The lowest BCUT2D eigenvalue weighted by atomic mass is 10.1. The normalized spacial score (nSPS) is 12.3. The first-order valence-electron chi connectivity index (χ1n) is 12.2. The second-order valence-electron chi connectivity index (χ2n) is 8.84. The molecule has 0 amide bonds. The third-order valence-electron chi connectivity index (χ3n) is 6.01. The third-order valence-corrected chi connectivity index (χ3v) is 6.78. The highest BCUT2D eigenvalue weighted by atomic mass is 79.9. The van der Waals surface area contributed by atoms with Crippen LogP contribution in [0.1, 0.15) is 55.6 Å². The van der Waals surface area contributed by atoms with Gasteiger partial charge in [0.2, 0.25) is 0 Å². The number of hydrogen-bond donors (Lipinski definition) is 0. The van der Waals surface area contributed by atoms with Gasteiger partial charge in [-0.15, -0.1) is 0 Å². The summed E-state index contributed by atoms with van der Waals surface area (Å²) < 4.78 is 14.1. The van der Waals surface area contributed by atoms with Crippen molar-refractivity contribution in [3.63, 3.8) is 0 Å². The third kappa shape index (κ3) is 6.22. The van der Waals surface area contributed by atoms with Crippen LogP contribution in [0.2, 0.25) is 5.02 Å². The van der Waals surface area contributed by atoms with E-state index in [1.54, 1.807) is 18.3 Å². The summed E-state index contributed by atoms with van der Waals surface area (Å²) in [5.41, 5.74) is 3.29. The molecule has 0 unspecified atom stereocenters. The quantitative estimate of drug-likeness (QED) is 0.192. The minimum Gasteiger partial charge on any atom is -0.490 e. The summed E-state index contributed by atoms with van der Waals surface area (Å²) in [7, 11) is 0. The first kappa shape index (κ1) is 26.9. The zero-order valence-electron chi connectivity index (χ0n) is 21.3. The monoisotopic (exact) mass is 581 g/mol. The van der Waals surface area contributed by atoms with E-state index in [0.717, 1.165) is 22.0 Å². The Balaban J connectivity index is 1.71. The topological polar surface area (TPSA) is 65.7 Å². The van der Waals surface area contributed by atoms with Crippen LogP contribution in [0.5, 0.6) is 11.5 Å². The molecule has 1 heterocycles. The van der Waals surface area contributed by atoms with Gasteiger partial charge in [0.1, 0.15) is 12.4 Å². The second kappa shape index (κ2) is 11.9. The molecule has 0 fully saturated rings. The van der Waals surface area contributed by atoms with Gasteiger partial charge in [0.15, 0.2) is 11.5 Å². The Hall–Kier alpha value is -3.16. The molecule has 0 N–H and O–H groups in total. The Morgan fingerprint density at radius 1 is 1.14 bits per heavy atom. The van der Waals surface area contributed by atoms with Gasteiger partial charge in [-0.1, -0.05) is 71.2 Å². The number of nitrogens with zero attached hydrogens (tertiary/aromatic N) is 3. The van der Waals surface area contributed by atoms with Gasteiger partial charge in [-0.3, -0.25) is 4.79 Å². The van der Waals surface area contributed by atoms with E-state index >= 15 is 0 Å². The van der Waals surface area contributed by atoms with Crippen molar-refractivity contribution < 1.29 is 9.47 Å². The van der Waals surface area contributed by atoms with Crippen molar-refractivity contribution in [1.82, 2.24) is 9.66 Å². The Bertz CT molecular complexity index is 1520. The minimum absolute atomic E-state index is 0.0397. The predicted octanol–water partition coefficient (Wildman–Crippen LogP) is 7.49. The number of aryl methyl sites for hydroxylation is 1. The summed E-state index contributed by atoms with van der Waals surface area (Å²) in [5, 5.41) is 5.44. The van der Waals surface area contributed by atoms with Gasteiger partial charge in [0.05, 0.1) is 28.7 Å². The fourth-order valence-corrected chi connectivity index (χ4v) is 4.56. The molecule has 3 aromatic carbocycles. The number of aromatic nitrogens is 2. The van der Waals surface area contributed by atoms with Gasteiger partial charge in [0.25, 0.3) is 5.56 Å². The van der Waals surface area contributed by atoms with Crippen molar-refractivity contribution in [1.29, 1.82) is 0 Å². The smallest absolute Gasteiger partial charge is 0.282 e. The van der Waals surface area contributed by atoms with Gasteiger partial charge < -0.3 is 9.47 Å². The molecule has 0 aliphatic rings. The minimum atomic E-state index is -0.230. The van der Waals surface area contributed by atoms with Crippen LogP contribution in [0.15, 0.2) is 69.0 Å². The largest absolute Gasteiger partial charge is 0.490 e. The summed E-state index contributed by atoms with van der Waals surface area (Å²) in [6.45, 7) is 8.83. The number of hydrogen-bond acceptors (Lipinski definition) is 5. The molecule has 0 aliphatic heterocycles. The second-order valence-corrected chi connectivity index (χ2v) is 10.2. The summed E-state index contributed by atoms with van der Waals surface area (Å²) in [4.78, 5) is 18.2. The van der Waals surface area contributed by atoms with Gasteiger partial charge in [0, 0.05) is 10.4 Å². The molecule has 4 rings (SSSR count). The number of rotatable bonds is 9. The molecule has 1 atom stereocenters. The summed E-state index contributed by atoms with van der Waals surface area (Å²) >= 11 is 10.1. The fraction of sp³-hybridized carbons (Fsp3) is 0.276. The number of ether oxygens (including phenoxy) is 2. The maximum atomic E-state index is 13.4. The zero-order chi connectivity index (χ0) is 26.5. The van der Waals surface area contributed by atoms with Crippen LogP contribution in [0.25, 0.3) is 10.9 Å². The van der Waals surface area contributed by atoms with Crippen LogP contribution < -0.4 is 15.0 Å². The molecule has 8 heteroatoms. The number of fused-ring (bicyclic) bond motifs is 1. The SMILES string of the molecule is CCOc1cc(C=Nn2c([C@H](C)CC)nc3ccc(Br)cc3c2=O)cc(Cl)c1OCc1cccc(C)c1. The summed E-state index contributed by atoms with van der Waals surface area (Å²) in [6.07, 6.45) is 2.41. The average Bonchev–Trinajstić information content (AvgIpc) is 2.87. The molecular weight excluding hydrogens is 554 g/mol. The van der Waals surface area contributed by atoms with Crippen LogP contribution >= 0.6 is 27.5 Å². The predicted molar refractivity (Wildman–Crippen MR) is 154 cm³/mol. The lowest BCUT2D eigenvalue weighted by Crippen LogP contribution is -2.23. The van der Waals surface area contributed by atoms with Crippen LogP contribution in [0.3, 0.4) is 0 Å². The Morgan fingerprint density at radius 2 is 1.95 bits per heavy atom. The maximum absolute atomic E-state index is 13.4. The molecule has 4 aromatic rings. The molecule has 1 aromatic heterocycles. The van der Waals surface area contributed by atoms with Crippen LogP contribution in [-0.2, 0) is 6.61 Å². The first-order chi connectivity index (χ1) is 17.8. The van der Waals surface area contributed by atoms with Gasteiger partial charge in [-0.05, 0) is 61.7 Å². The molecule has 0 aliphatic carbocycles. The lowest BCUT2D eigenvalue weighted by Gasteiger charge is -2.15. The molecule has 0 spiro atoms. The standard InChI is InChI=1S/C29H29BrClN3O3/c1-5-19(4)28-33-25-11-10-22(30)15-23(25)29(35)34(28)32-16-21-13-24(31)27(26(14-21)36-6-2)37-17-20-9-7-8-18(3)12-20/h7-16,19H,5-6,17H2,1-4H3/t19-/m1/s1. The van der Waals surface area contributed by atoms with E-state index in [1.807, 2.05) is 57.2 Å². The van der Waals surface area contributed by atoms with E-state index in [9.17, 15) is 4.79 Å². The van der Waals surface area contributed by atoms with Crippen molar-refractivity contribution in [2.45, 2.75) is 46.6 Å². The Labute approximate surface area is 230 Å². The molecule has 0 radical (unpaired) electrons. The van der Waals surface area contributed by atoms with E-state index < -0.39 is 0 Å². The first-order valence-corrected chi connectivity index (χ1v) is 13.4. The van der Waals surface area contributed by atoms with E-state index in [0.29, 0.717) is 52.0 Å². The van der Waals surface area contributed by atoms with E-state index in [-0.39, 0.29) is 11.5 Å². The summed E-state index contributed by atoms with van der Waals surface area (Å²) in [5.74, 6) is 1.63. The number of benzene rings is 3. The Morgan fingerprint density at radius 3 is 2.68 bits per heavy atom. The van der Waals surface area contributed by atoms with Crippen molar-refractivity contribution >= 4 is 44.6 Å². The molecule has 6 nitrogen and oxygen atoms in total. The highest BCUT2D eigenvalue weighted by Crippen LogP contribution is 2.37. The molecule has 192 valence electrons. The van der Waals surface area contributed by atoms with E-state index in [2.05, 4.69) is 34.0 Å². The van der Waals surface area contributed by atoms with Gasteiger partial charge >= 0.3 is 0 Å². The molecule has 0 saturated heterocycles. The molecule has 0 saturated carbocycles. The van der Waals surface area contributed by atoms with Crippen LogP contribution in [0.4, 0.5) is 0 Å². The molecular formula is C29H29BrClN3O3.